The van der Waals surface area contributed by atoms with Gasteiger partial charge in [0.2, 0.25) is 5.78 Å². The Labute approximate surface area is 245 Å². The second-order valence-electron chi connectivity index (χ2n) is 11.7. The molecule has 0 aromatic heterocycles. The average Bonchev–Trinajstić information content (AvgIpc) is 2.94. The molecule has 5 rings (SSSR count). The number of hydrogen-bond donors (Lipinski definition) is 6. The molecule has 1 aromatic carbocycles. The molecule has 43 heavy (non-hydrogen) atoms. The van der Waals surface area contributed by atoms with Crippen molar-refractivity contribution in [3.8, 4) is 5.75 Å². The number of aromatic hydroxyl groups is 1. The van der Waals surface area contributed by atoms with E-state index in [-0.39, 0.29) is 18.0 Å². The first-order chi connectivity index (χ1) is 20.2. The van der Waals surface area contributed by atoms with E-state index in [0.29, 0.717) is 31.5 Å². The Morgan fingerprint density at radius 1 is 1.21 bits per heavy atom. The molecule has 4 aliphatic rings. The van der Waals surface area contributed by atoms with E-state index in [0.717, 1.165) is 0 Å². The molecular formula is C28H34N4O11. The Kier molecular flexibility index (Phi) is 7.71. The predicted octanol–water partition coefficient (Wildman–Crippen LogP) is -0.0865. The molecule has 0 saturated carbocycles. The highest BCUT2D eigenvalue weighted by molar-refractivity contribution is 6.25. The largest absolute Gasteiger partial charge is 0.510 e. The van der Waals surface area contributed by atoms with Gasteiger partial charge in [-0.15, -0.1) is 10.1 Å². The van der Waals surface area contributed by atoms with Crippen molar-refractivity contribution in [1.29, 1.82) is 0 Å². The maximum Gasteiger partial charge on any atom is 0.294 e. The normalized spacial score (nSPS) is 31.4. The summed E-state index contributed by atoms with van der Waals surface area (Å²) in [6.45, 7) is 2.23. The fraction of sp³-hybridized carbons (Fsp3) is 0.536. The standard InChI is InChI=1S/C28H34N4O11/c1-12-14-5-4-6-15(33)17(14)22(34)18-16(12)23(35)20-21(30(2)3)24(36)19(26(38)28(20,40)25(18)37)27(39)29-11-31-9-7-13(8-10-31)43-32(41)42/h4-6,12-13,16,20-21,23,33,35-37,40H,7-11H2,1-3H3,(H,29,39)/t12-,16+,20+,21-,23-,28-/m0/s1. The molecule has 15 heteroatoms. The lowest BCUT2D eigenvalue weighted by Crippen LogP contribution is -2.68. The number of amides is 1. The molecule has 1 fully saturated rings. The van der Waals surface area contributed by atoms with Gasteiger partial charge in [0.1, 0.15) is 28.9 Å². The van der Waals surface area contributed by atoms with Crippen molar-refractivity contribution >= 4 is 17.5 Å². The lowest BCUT2D eigenvalue weighted by molar-refractivity contribution is -0.769. The van der Waals surface area contributed by atoms with Crippen LogP contribution in [0.25, 0.3) is 0 Å². The SMILES string of the molecule is C[C@H]1c2cccc(O)c2C(=O)C2=C(O)[C@]3(O)C(=O)C(C(=O)NCN4CCC(O[N+](=O)[O-])CC4)=C(O)[C@@H](N(C)C)[C@@H]3[C@@H](O)[C@@H]21. The van der Waals surface area contributed by atoms with Gasteiger partial charge < -0.3 is 35.7 Å². The monoisotopic (exact) mass is 602 g/mol. The summed E-state index contributed by atoms with van der Waals surface area (Å²) in [5.41, 5.74) is -3.97. The van der Waals surface area contributed by atoms with E-state index < -0.39 is 86.8 Å². The summed E-state index contributed by atoms with van der Waals surface area (Å²) in [6.07, 6.45) is -1.59. The number of carbonyl (C=O) groups is 3. The molecule has 0 unspecified atom stereocenters. The Morgan fingerprint density at radius 3 is 2.47 bits per heavy atom. The van der Waals surface area contributed by atoms with Crippen LogP contribution in [0.5, 0.6) is 5.75 Å². The second-order valence-corrected chi connectivity index (χ2v) is 11.7. The molecule has 3 aliphatic carbocycles. The highest BCUT2D eigenvalue weighted by Gasteiger charge is 2.67. The van der Waals surface area contributed by atoms with Crippen molar-refractivity contribution in [3.63, 3.8) is 0 Å². The Morgan fingerprint density at radius 2 is 1.86 bits per heavy atom. The highest BCUT2D eigenvalue weighted by atomic mass is 17.0. The van der Waals surface area contributed by atoms with Crippen LogP contribution in [0.2, 0.25) is 0 Å². The van der Waals surface area contributed by atoms with Crippen molar-refractivity contribution in [3.05, 3.63) is 62.1 Å². The van der Waals surface area contributed by atoms with Crippen LogP contribution in [0, 0.1) is 22.0 Å². The Hall–Kier alpha value is -4.05. The number of fused-ring (bicyclic) bond motifs is 3. The topological polar surface area (TPSA) is 223 Å². The van der Waals surface area contributed by atoms with Crippen LogP contribution in [0.1, 0.15) is 41.6 Å². The number of ketones is 2. The lowest BCUT2D eigenvalue weighted by Gasteiger charge is -2.53. The van der Waals surface area contributed by atoms with E-state index in [1.807, 2.05) is 0 Å². The van der Waals surface area contributed by atoms with E-state index in [2.05, 4.69) is 10.2 Å². The number of aliphatic hydroxyl groups excluding tert-OH is 3. The maximum atomic E-state index is 13.9. The number of nitrogens with one attached hydrogen (secondary N) is 1. The molecule has 0 bridgehead atoms. The van der Waals surface area contributed by atoms with Gasteiger partial charge in [0.05, 0.1) is 30.3 Å². The molecular weight excluding hydrogens is 568 g/mol. The summed E-state index contributed by atoms with van der Waals surface area (Å²) in [4.78, 5) is 59.2. The van der Waals surface area contributed by atoms with Gasteiger partial charge in [0, 0.05) is 24.6 Å². The number of Topliss-reactive ketones (excluding diaryl/α,β-unsaturated/α-hetero) is 2. The lowest BCUT2D eigenvalue weighted by atomic mass is 9.55. The Balaban J connectivity index is 1.50. The van der Waals surface area contributed by atoms with E-state index in [1.54, 1.807) is 17.9 Å². The van der Waals surface area contributed by atoms with Crippen LogP contribution >= 0.6 is 0 Å². The zero-order valence-electron chi connectivity index (χ0n) is 23.8. The quantitative estimate of drug-likeness (QED) is 0.142. The fourth-order valence-electron chi connectivity index (χ4n) is 7.13. The number of piperidine rings is 1. The van der Waals surface area contributed by atoms with Crippen LogP contribution in [0.15, 0.2) is 40.9 Å². The molecule has 1 heterocycles. The molecule has 1 amide bonds. The van der Waals surface area contributed by atoms with Crippen molar-refractivity contribution in [2.45, 2.75) is 49.5 Å². The first-order valence-electron chi connectivity index (χ1n) is 13.9. The van der Waals surface area contributed by atoms with Crippen molar-refractivity contribution in [2.75, 3.05) is 33.9 Å². The zero-order chi connectivity index (χ0) is 31.5. The molecule has 1 aliphatic heterocycles. The van der Waals surface area contributed by atoms with Gasteiger partial charge >= 0.3 is 0 Å². The third kappa shape index (κ3) is 4.63. The minimum absolute atomic E-state index is 0.105. The molecule has 1 aromatic rings. The number of rotatable bonds is 6. The third-order valence-electron chi connectivity index (χ3n) is 9.21. The average molecular weight is 603 g/mol. The molecule has 1 saturated heterocycles. The predicted molar refractivity (Wildman–Crippen MR) is 146 cm³/mol. The number of phenolic OH excluding ortho intramolecular Hbond substituents is 1. The summed E-state index contributed by atoms with van der Waals surface area (Å²) in [5, 5.41) is 69.2. The molecule has 6 atom stereocenters. The molecule has 6 N–H and O–H groups in total. The summed E-state index contributed by atoms with van der Waals surface area (Å²) in [6, 6.07) is 3.09. The van der Waals surface area contributed by atoms with Crippen LogP contribution in [-0.2, 0) is 14.4 Å². The van der Waals surface area contributed by atoms with Gasteiger partial charge in [-0.1, -0.05) is 19.1 Å². The molecule has 0 radical (unpaired) electrons. The van der Waals surface area contributed by atoms with Crippen molar-refractivity contribution in [2.24, 2.45) is 11.8 Å². The van der Waals surface area contributed by atoms with E-state index in [1.165, 1.54) is 31.1 Å². The molecule has 15 nitrogen and oxygen atoms in total. The highest BCUT2D eigenvalue weighted by Crippen LogP contribution is 2.55. The van der Waals surface area contributed by atoms with E-state index >= 15 is 0 Å². The number of benzene rings is 1. The van der Waals surface area contributed by atoms with Gasteiger partial charge in [-0.3, -0.25) is 24.2 Å². The molecule has 232 valence electrons. The number of likely N-dealkylation sites (N-methyl/N-ethyl adjacent to an activating group) is 1. The minimum atomic E-state index is -2.96. The van der Waals surface area contributed by atoms with Gasteiger partial charge in [0.25, 0.3) is 11.0 Å². The van der Waals surface area contributed by atoms with Crippen LogP contribution in [0.3, 0.4) is 0 Å². The van der Waals surface area contributed by atoms with Gasteiger partial charge in [0.15, 0.2) is 11.4 Å². The summed E-state index contributed by atoms with van der Waals surface area (Å²) in [5.74, 6) is -8.79. The number of nitrogens with zero attached hydrogens (tertiary/aromatic N) is 3. The zero-order valence-corrected chi connectivity index (χ0v) is 23.8. The number of aliphatic hydroxyl groups is 4. The fourth-order valence-corrected chi connectivity index (χ4v) is 7.13. The van der Waals surface area contributed by atoms with Crippen LogP contribution in [-0.4, -0.2) is 116 Å². The van der Waals surface area contributed by atoms with Gasteiger partial charge in [-0.25, -0.2) is 0 Å². The van der Waals surface area contributed by atoms with Gasteiger partial charge in [-0.2, -0.15) is 0 Å². The van der Waals surface area contributed by atoms with Crippen molar-refractivity contribution < 1.29 is 49.8 Å². The second kappa shape index (κ2) is 10.9. The third-order valence-corrected chi connectivity index (χ3v) is 9.21. The smallest absolute Gasteiger partial charge is 0.294 e. The van der Waals surface area contributed by atoms with E-state index in [4.69, 9.17) is 0 Å². The van der Waals surface area contributed by atoms with Crippen LogP contribution in [0.4, 0.5) is 0 Å². The first kappa shape index (κ1) is 30.4. The van der Waals surface area contributed by atoms with Crippen LogP contribution < -0.4 is 5.32 Å². The molecule has 0 spiro atoms. The van der Waals surface area contributed by atoms with E-state index in [9.17, 15) is 50.0 Å². The maximum absolute atomic E-state index is 13.9. The van der Waals surface area contributed by atoms with Crippen molar-refractivity contribution in [1.82, 2.24) is 15.1 Å². The number of carbonyl (C=O) groups excluding carboxylic acids is 3. The minimum Gasteiger partial charge on any atom is -0.510 e. The Bertz CT molecular complexity index is 1450. The summed E-state index contributed by atoms with van der Waals surface area (Å²) >= 11 is 0. The number of hydrogen-bond acceptors (Lipinski definition) is 13. The first-order valence-corrected chi connectivity index (χ1v) is 13.9. The summed E-state index contributed by atoms with van der Waals surface area (Å²) in [7, 11) is 2.99. The summed E-state index contributed by atoms with van der Waals surface area (Å²) < 4.78 is 0. The van der Waals surface area contributed by atoms with Gasteiger partial charge in [-0.05, 0) is 44.5 Å². The number of phenols is 1. The number of likely N-dealkylation sites (tertiary alicyclic amines) is 1.